The van der Waals surface area contributed by atoms with Crippen LogP contribution in [0.5, 0.6) is 11.5 Å². The van der Waals surface area contributed by atoms with E-state index in [-0.39, 0.29) is 11.8 Å². The molecule has 1 aliphatic rings. The van der Waals surface area contributed by atoms with Crippen LogP contribution < -0.4 is 14.4 Å². The normalized spacial score (nSPS) is 15.7. The van der Waals surface area contributed by atoms with Gasteiger partial charge in [-0.25, -0.2) is 4.98 Å². The summed E-state index contributed by atoms with van der Waals surface area (Å²) in [5, 5.41) is 0. The van der Waals surface area contributed by atoms with Gasteiger partial charge in [0.15, 0.2) is 0 Å². The highest BCUT2D eigenvalue weighted by atomic mass is 16.5. The molecule has 4 aromatic rings. The summed E-state index contributed by atoms with van der Waals surface area (Å²) in [6, 6.07) is 25.8. The van der Waals surface area contributed by atoms with Gasteiger partial charge in [-0.15, -0.1) is 0 Å². The first-order chi connectivity index (χ1) is 16.7. The van der Waals surface area contributed by atoms with Crippen LogP contribution in [-0.4, -0.2) is 35.7 Å². The van der Waals surface area contributed by atoms with Crippen LogP contribution in [0.2, 0.25) is 0 Å². The Bertz CT molecular complexity index is 1270. The van der Waals surface area contributed by atoms with Gasteiger partial charge in [-0.05, 0) is 49.2 Å². The van der Waals surface area contributed by atoms with Crippen LogP contribution in [0, 0.1) is 0 Å². The smallest absolute Gasteiger partial charge is 0.227 e. The number of unbranched alkanes of at least 4 members (excludes halogenated alkanes) is 1. The Balaban J connectivity index is 1.32. The second-order valence-electron chi connectivity index (χ2n) is 8.56. The van der Waals surface area contributed by atoms with Crippen LogP contribution >= 0.6 is 0 Å². The maximum Gasteiger partial charge on any atom is 0.227 e. The van der Waals surface area contributed by atoms with Gasteiger partial charge in [0.05, 0.1) is 30.4 Å². The van der Waals surface area contributed by atoms with Crippen LogP contribution in [0.4, 0.5) is 5.69 Å². The molecule has 34 heavy (non-hydrogen) atoms. The Morgan fingerprint density at radius 3 is 2.56 bits per heavy atom. The summed E-state index contributed by atoms with van der Waals surface area (Å²) in [6.45, 7) is 2.11. The number of aryl methyl sites for hydroxylation is 1. The number of amides is 1. The Kier molecular flexibility index (Phi) is 6.47. The van der Waals surface area contributed by atoms with Crippen molar-refractivity contribution in [1.82, 2.24) is 9.55 Å². The predicted molar refractivity (Wildman–Crippen MR) is 134 cm³/mol. The van der Waals surface area contributed by atoms with Gasteiger partial charge in [-0.2, -0.15) is 0 Å². The number of hydrogen-bond donors (Lipinski definition) is 0. The predicted octanol–water partition coefficient (Wildman–Crippen LogP) is 5.42. The van der Waals surface area contributed by atoms with Crippen LogP contribution in [0.15, 0.2) is 78.9 Å². The average molecular weight is 456 g/mol. The molecular weight excluding hydrogens is 426 g/mol. The number of methoxy groups -OCH3 is 1. The number of hydrogen-bond acceptors (Lipinski definition) is 4. The molecule has 3 aromatic carbocycles. The number of nitrogens with zero attached hydrogens (tertiary/aromatic N) is 3. The van der Waals surface area contributed by atoms with Gasteiger partial charge in [0.1, 0.15) is 17.3 Å². The number of anilines is 1. The highest BCUT2D eigenvalue weighted by Gasteiger charge is 2.35. The minimum atomic E-state index is 0.0328. The number of para-hydroxylation sites is 5. The van der Waals surface area contributed by atoms with Crippen molar-refractivity contribution in [2.75, 3.05) is 25.2 Å². The van der Waals surface area contributed by atoms with E-state index >= 15 is 0 Å². The lowest BCUT2D eigenvalue weighted by atomic mass is 10.1. The molecule has 1 amide bonds. The first-order valence-electron chi connectivity index (χ1n) is 11.8. The highest BCUT2D eigenvalue weighted by Crippen LogP contribution is 2.37. The molecule has 0 bridgehead atoms. The van der Waals surface area contributed by atoms with Crippen molar-refractivity contribution in [3.63, 3.8) is 0 Å². The molecular formula is C28H29N3O3. The maximum atomic E-state index is 13.0. The molecule has 174 valence electrons. The van der Waals surface area contributed by atoms with Gasteiger partial charge in [0.25, 0.3) is 0 Å². The molecule has 0 saturated carbocycles. The molecule has 0 N–H and O–H groups in total. The van der Waals surface area contributed by atoms with Gasteiger partial charge >= 0.3 is 0 Å². The summed E-state index contributed by atoms with van der Waals surface area (Å²) in [4.78, 5) is 19.8. The summed E-state index contributed by atoms with van der Waals surface area (Å²) in [7, 11) is 1.64. The monoisotopic (exact) mass is 455 g/mol. The summed E-state index contributed by atoms with van der Waals surface area (Å²) in [6.07, 6.45) is 2.35. The lowest BCUT2D eigenvalue weighted by Gasteiger charge is -2.19. The third kappa shape index (κ3) is 4.49. The van der Waals surface area contributed by atoms with Crippen molar-refractivity contribution in [3.8, 4) is 11.5 Å². The third-order valence-corrected chi connectivity index (χ3v) is 6.34. The van der Waals surface area contributed by atoms with Gasteiger partial charge in [-0.3, -0.25) is 4.79 Å². The van der Waals surface area contributed by atoms with Crippen LogP contribution in [0.3, 0.4) is 0 Å². The molecule has 0 radical (unpaired) electrons. The zero-order valence-electron chi connectivity index (χ0n) is 19.4. The van der Waals surface area contributed by atoms with E-state index < -0.39 is 0 Å². The molecule has 1 saturated heterocycles. The van der Waals surface area contributed by atoms with Crippen LogP contribution in [0.1, 0.15) is 31.0 Å². The van der Waals surface area contributed by atoms with Crippen molar-refractivity contribution in [2.45, 2.75) is 31.7 Å². The summed E-state index contributed by atoms with van der Waals surface area (Å²) < 4.78 is 13.6. The topological polar surface area (TPSA) is 56.6 Å². The van der Waals surface area contributed by atoms with Crippen LogP contribution in [-0.2, 0) is 11.3 Å². The van der Waals surface area contributed by atoms with Crippen molar-refractivity contribution in [3.05, 3.63) is 84.7 Å². The highest BCUT2D eigenvalue weighted by molar-refractivity contribution is 5.97. The van der Waals surface area contributed by atoms with Crippen molar-refractivity contribution < 1.29 is 14.3 Å². The maximum absolute atomic E-state index is 13.0. The molecule has 2 heterocycles. The fourth-order valence-electron chi connectivity index (χ4n) is 4.69. The van der Waals surface area contributed by atoms with Crippen molar-refractivity contribution in [1.29, 1.82) is 0 Å². The van der Waals surface area contributed by atoms with E-state index in [1.165, 1.54) is 0 Å². The number of ether oxygens (including phenoxy) is 2. The quantitative estimate of drug-likeness (QED) is 0.316. The van der Waals surface area contributed by atoms with Crippen molar-refractivity contribution >= 4 is 22.6 Å². The third-order valence-electron chi connectivity index (χ3n) is 6.34. The zero-order valence-corrected chi connectivity index (χ0v) is 19.4. The van der Waals surface area contributed by atoms with E-state index in [4.69, 9.17) is 14.5 Å². The minimum absolute atomic E-state index is 0.0328. The van der Waals surface area contributed by atoms with E-state index in [0.717, 1.165) is 47.7 Å². The molecule has 1 atom stereocenters. The molecule has 1 fully saturated rings. The van der Waals surface area contributed by atoms with E-state index in [1.54, 1.807) is 7.11 Å². The van der Waals surface area contributed by atoms with Crippen molar-refractivity contribution in [2.24, 2.45) is 0 Å². The number of rotatable bonds is 9. The SMILES string of the molecule is COc1ccccc1N1C[C@H](c2nc3ccccc3n2CCCCOc2ccccc2)CC1=O. The number of aromatic nitrogens is 2. The minimum Gasteiger partial charge on any atom is -0.495 e. The number of fused-ring (bicyclic) bond motifs is 1. The summed E-state index contributed by atoms with van der Waals surface area (Å²) >= 11 is 0. The second kappa shape index (κ2) is 10.00. The van der Waals surface area contributed by atoms with Gasteiger partial charge < -0.3 is 18.9 Å². The zero-order chi connectivity index (χ0) is 23.3. The molecule has 6 nitrogen and oxygen atoms in total. The average Bonchev–Trinajstić information content (AvgIpc) is 3.45. The van der Waals surface area contributed by atoms with E-state index in [0.29, 0.717) is 25.3 Å². The molecule has 0 aliphatic carbocycles. The summed E-state index contributed by atoms with van der Waals surface area (Å²) in [5.74, 6) is 2.73. The molecule has 1 aliphatic heterocycles. The number of carbonyl (C=O) groups excluding carboxylic acids is 1. The lowest BCUT2D eigenvalue weighted by Crippen LogP contribution is -2.25. The molecule has 5 rings (SSSR count). The largest absolute Gasteiger partial charge is 0.495 e. The molecule has 6 heteroatoms. The van der Waals surface area contributed by atoms with Crippen LogP contribution in [0.25, 0.3) is 11.0 Å². The lowest BCUT2D eigenvalue weighted by molar-refractivity contribution is -0.117. The number of carbonyl (C=O) groups is 1. The Morgan fingerprint density at radius 2 is 1.71 bits per heavy atom. The van der Waals surface area contributed by atoms with Gasteiger partial charge in [0, 0.05) is 25.4 Å². The van der Waals surface area contributed by atoms with Gasteiger partial charge in [-0.1, -0.05) is 42.5 Å². The Hall–Kier alpha value is -3.80. The first-order valence-corrected chi connectivity index (χ1v) is 11.8. The van der Waals surface area contributed by atoms with E-state index in [2.05, 4.69) is 10.6 Å². The Morgan fingerprint density at radius 1 is 0.941 bits per heavy atom. The molecule has 0 unspecified atom stereocenters. The first kappa shape index (κ1) is 22.0. The fraction of sp³-hybridized carbons (Fsp3) is 0.286. The van der Waals surface area contributed by atoms with E-state index in [9.17, 15) is 4.79 Å². The van der Waals surface area contributed by atoms with Gasteiger partial charge in [0.2, 0.25) is 5.91 Å². The van der Waals surface area contributed by atoms with E-state index in [1.807, 2.05) is 77.7 Å². The summed E-state index contributed by atoms with van der Waals surface area (Å²) in [5.41, 5.74) is 2.91. The molecule has 0 spiro atoms. The fourth-order valence-corrected chi connectivity index (χ4v) is 4.69. The molecule has 1 aromatic heterocycles. The Labute approximate surface area is 199 Å². The standard InChI is InChI=1S/C28H29N3O3/c1-33-26-16-8-7-15-25(26)31-20-21(19-27(31)32)28-29-23-13-5-6-14-24(23)30(28)17-9-10-18-34-22-11-3-2-4-12-22/h2-8,11-16,21H,9-10,17-20H2,1H3/t21-/m1/s1. The number of imidazole rings is 1. The number of benzene rings is 3. The second-order valence-corrected chi connectivity index (χ2v) is 8.56.